The summed E-state index contributed by atoms with van der Waals surface area (Å²) in [7, 11) is 0. The first-order chi connectivity index (χ1) is 9.86. The van der Waals surface area contributed by atoms with Crippen LogP contribution in [0.5, 0.6) is 0 Å². The minimum Gasteiger partial charge on any atom is -0.483 e. The van der Waals surface area contributed by atoms with E-state index in [-0.39, 0.29) is 6.47 Å². The first-order valence-electron chi connectivity index (χ1n) is 6.55. The fraction of sp³-hybridized carbons (Fsp3) is 0.400. The molecule has 0 aliphatic carbocycles. The number of benzene rings is 1. The highest BCUT2D eigenvalue weighted by Gasteiger charge is 2.10. The minimum absolute atomic E-state index is 0.250. The molecule has 0 spiro atoms. The highest BCUT2D eigenvalue weighted by atomic mass is 32.2. The molecule has 20 heavy (non-hydrogen) atoms. The summed E-state index contributed by atoms with van der Waals surface area (Å²) in [6, 6.07) is 11.1. The van der Waals surface area contributed by atoms with Gasteiger partial charge in [0, 0.05) is 35.6 Å². The second-order valence-corrected chi connectivity index (χ2v) is 6.47. The zero-order valence-electron chi connectivity index (χ0n) is 11.4. The van der Waals surface area contributed by atoms with Crippen LogP contribution in [-0.2, 0) is 4.79 Å². The van der Waals surface area contributed by atoms with E-state index in [1.807, 2.05) is 0 Å². The summed E-state index contributed by atoms with van der Waals surface area (Å²) in [5, 5.41) is 10.5. The number of carboxylic acid groups (broad SMARTS) is 1. The monoisotopic (exact) mass is 311 g/mol. The van der Waals surface area contributed by atoms with Crippen LogP contribution in [0.4, 0.5) is 0 Å². The topological polar surface area (TPSA) is 49.3 Å². The van der Waals surface area contributed by atoms with Crippen molar-refractivity contribution in [2.45, 2.75) is 6.04 Å². The van der Waals surface area contributed by atoms with Gasteiger partial charge in [0.05, 0.1) is 0 Å². The molecule has 2 rings (SSSR count). The van der Waals surface area contributed by atoms with Gasteiger partial charge in [0.1, 0.15) is 0 Å². The molecule has 1 fully saturated rings. The van der Waals surface area contributed by atoms with Gasteiger partial charge in [-0.25, -0.2) is 0 Å². The van der Waals surface area contributed by atoms with Gasteiger partial charge in [0.15, 0.2) is 0 Å². The number of hydrogen-bond donors (Lipinski definition) is 2. The van der Waals surface area contributed by atoms with Crippen LogP contribution in [0, 0.1) is 0 Å². The Morgan fingerprint density at radius 2 is 1.80 bits per heavy atom. The Morgan fingerprint density at radius 1 is 1.20 bits per heavy atom. The Kier molecular flexibility index (Phi) is 10.2. The molecule has 5 heteroatoms. The van der Waals surface area contributed by atoms with Gasteiger partial charge in [-0.2, -0.15) is 23.5 Å². The zero-order chi connectivity index (χ0) is 14.5. The highest BCUT2D eigenvalue weighted by Crippen LogP contribution is 2.16. The van der Waals surface area contributed by atoms with Gasteiger partial charge in [-0.1, -0.05) is 42.5 Å². The molecule has 1 aliphatic rings. The SMILES string of the molecule is C(=C\c1ccccc1)/CNC1CSCCSC1.O=CO. The fourth-order valence-electron chi connectivity index (χ4n) is 1.73. The largest absolute Gasteiger partial charge is 0.483 e. The van der Waals surface area contributed by atoms with Crippen LogP contribution >= 0.6 is 23.5 Å². The lowest BCUT2D eigenvalue weighted by Gasteiger charge is -2.13. The van der Waals surface area contributed by atoms with Crippen molar-refractivity contribution in [1.82, 2.24) is 5.32 Å². The average molecular weight is 311 g/mol. The summed E-state index contributed by atoms with van der Waals surface area (Å²) in [6.45, 7) is 0.723. The molecule has 1 aliphatic heterocycles. The Bertz CT molecular complexity index is 377. The van der Waals surface area contributed by atoms with Crippen molar-refractivity contribution in [3.63, 3.8) is 0 Å². The van der Waals surface area contributed by atoms with Gasteiger partial charge in [-0.3, -0.25) is 4.79 Å². The number of nitrogens with one attached hydrogen (secondary N) is 1. The van der Waals surface area contributed by atoms with Crippen LogP contribution in [0.3, 0.4) is 0 Å². The third-order valence-corrected chi connectivity index (χ3v) is 5.16. The maximum Gasteiger partial charge on any atom is 0.290 e. The molecule has 0 unspecified atom stereocenters. The Morgan fingerprint density at radius 3 is 2.40 bits per heavy atom. The molecule has 0 bridgehead atoms. The van der Waals surface area contributed by atoms with E-state index in [0.717, 1.165) is 6.54 Å². The first kappa shape index (κ1) is 17.1. The quantitative estimate of drug-likeness (QED) is 0.837. The summed E-state index contributed by atoms with van der Waals surface area (Å²) in [4.78, 5) is 8.36. The maximum absolute atomic E-state index is 8.36. The third-order valence-electron chi connectivity index (χ3n) is 2.64. The van der Waals surface area contributed by atoms with E-state index >= 15 is 0 Å². The molecule has 0 aromatic heterocycles. The summed E-state index contributed by atoms with van der Waals surface area (Å²) < 4.78 is 0. The maximum atomic E-state index is 8.36. The molecule has 3 nitrogen and oxygen atoms in total. The standard InChI is InChI=1S/C14H19NS2.CH2O2/c1-2-5-13(6-3-1)7-4-8-15-14-11-16-9-10-17-12-14;2-1-3/h1-7,14-15H,8-12H2;1H,(H,2,3)/b7-4+;. The average Bonchev–Trinajstić information content (AvgIpc) is 2.74. The fourth-order valence-corrected chi connectivity index (χ4v) is 4.19. The molecule has 1 aromatic rings. The van der Waals surface area contributed by atoms with Crippen molar-refractivity contribution in [2.75, 3.05) is 29.6 Å². The zero-order valence-corrected chi connectivity index (χ0v) is 13.0. The highest BCUT2D eigenvalue weighted by molar-refractivity contribution is 8.03. The molecule has 2 N–H and O–H groups in total. The number of carbonyl (C=O) groups is 1. The summed E-state index contributed by atoms with van der Waals surface area (Å²) in [5.41, 5.74) is 1.28. The van der Waals surface area contributed by atoms with Gasteiger partial charge in [0.2, 0.25) is 0 Å². The van der Waals surface area contributed by atoms with Gasteiger partial charge in [-0.15, -0.1) is 0 Å². The van der Waals surface area contributed by atoms with Crippen LogP contribution in [0.15, 0.2) is 36.4 Å². The van der Waals surface area contributed by atoms with Crippen molar-refractivity contribution in [3.05, 3.63) is 42.0 Å². The summed E-state index contributed by atoms with van der Waals surface area (Å²) in [6.07, 6.45) is 4.40. The van der Waals surface area contributed by atoms with Crippen molar-refractivity contribution >= 4 is 36.1 Å². The first-order valence-corrected chi connectivity index (χ1v) is 8.86. The van der Waals surface area contributed by atoms with Crippen molar-refractivity contribution in [2.24, 2.45) is 0 Å². The molecule has 110 valence electrons. The van der Waals surface area contributed by atoms with Crippen LogP contribution in [0.1, 0.15) is 5.56 Å². The van der Waals surface area contributed by atoms with E-state index in [2.05, 4.69) is 71.3 Å². The molecule has 0 amide bonds. The molecule has 0 saturated carbocycles. The van der Waals surface area contributed by atoms with Gasteiger partial charge in [0.25, 0.3) is 6.47 Å². The summed E-state index contributed by atoms with van der Waals surface area (Å²) >= 11 is 4.14. The normalized spacial score (nSPS) is 16.2. The molecular formula is C15H21NO2S2. The van der Waals surface area contributed by atoms with Crippen molar-refractivity contribution in [3.8, 4) is 0 Å². The Labute approximate surface area is 129 Å². The Balaban J connectivity index is 0.000000612. The lowest BCUT2D eigenvalue weighted by atomic mass is 10.2. The van der Waals surface area contributed by atoms with E-state index in [1.165, 1.54) is 28.6 Å². The predicted molar refractivity (Wildman–Crippen MR) is 90.6 cm³/mol. The van der Waals surface area contributed by atoms with Crippen molar-refractivity contribution in [1.29, 1.82) is 0 Å². The van der Waals surface area contributed by atoms with Crippen LogP contribution in [0.2, 0.25) is 0 Å². The third kappa shape index (κ3) is 8.30. The second-order valence-electron chi connectivity index (χ2n) is 4.17. The molecular weight excluding hydrogens is 290 g/mol. The van der Waals surface area contributed by atoms with Crippen molar-refractivity contribution < 1.29 is 9.90 Å². The molecule has 1 aromatic carbocycles. The van der Waals surface area contributed by atoms with Crippen LogP contribution in [-0.4, -0.2) is 47.2 Å². The number of hydrogen-bond acceptors (Lipinski definition) is 4. The van der Waals surface area contributed by atoms with Crippen LogP contribution in [0.25, 0.3) is 6.08 Å². The number of thioether (sulfide) groups is 2. The van der Waals surface area contributed by atoms with Gasteiger partial charge in [-0.05, 0) is 5.56 Å². The van der Waals surface area contributed by atoms with E-state index in [1.54, 1.807) is 0 Å². The summed E-state index contributed by atoms with van der Waals surface area (Å²) in [5.74, 6) is 5.13. The van der Waals surface area contributed by atoms with E-state index < -0.39 is 0 Å². The molecule has 0 atom stereocenters. The van der Waals surface area contributed by atoms with Gasteiger partial charge >= 0.3 is 0 Å². The lowest BCUT2D eigenvalue weighted by molar-refractivity contribution is -0.122. The predicted octanol–water partition coefficient (Wildman–Crippen LogP) is 2.84. The van der Waals surface area contributed by atoms with E-state index in [0.29, 0.717) is 6.04 Å². The van der Waals surface area contributed by atoms with Gasteiger partial charge < -0.3 is 10.4 Å². The Hall–Kier alpha value is -0.910. The van der Waals surface area contributed by atoms with E-state index in [4.69, 9.17) is 9.90 Å². The van der Waals surface area contributed by atoms with Crippen LogP contribution < -0.4 is 5.32 Å². The minimum atomic E-state index is -0.250. The second kappa shape index (κ2) is 11.9. The van der Waals surface area contributed by atoms with E-state index in [9.17, 15) is 0 Å². The number of rotatable bonds is 4. The smallest absolute Gasteiger partial charge is 0.290 e. The molecule has 0 radical (unpaired) electrons. The lowest BCUT2D eigenvalue weighted by Crippen LogP contribution is -2.33. The molecule has 1 saturated heterocycles. The molecule has 1 heterocycles.